The summed E-state index contributed by atoms with van der Waals surface area (Å²) in [6.07, 6.45) is -0.381. The van der Waals surface area contributed by atoms with E-state index in [9.17, 15) is 24.3 Å². The van der Waals surface area contributed by atoms with Crippen molar-refractivity contribution in [3.8, 4) is 11.5 Å². The van der Waals surface area contributed by atoms with Crippen LogP contribution in [0, 0.1) is 5.92 Å². The Morgan fingerprint density at radius 2 is 1.63 bits per heavy atom. The molecule has 3 atom stereocenters. The van der Waals surface area contributed by atoms with Gasteiger partial charge in [-0.1, -0.05) is 19.9 Å². The zero-order valence-corrected chi connectivity index (χ0v) is 17.9. The number of carboxylic acids is 1. The third-order valence-corrected chi connectivity index (χ3v) is 4.44. The monoisotopic (exact) mass is 423 g/mol. The molecule has 0 saturated heterocycles. The Balaban J connectivity index is 3.08. The summed E-state index contributed by atoms with van der Waals surface area (Å²) in [7, 11) is 0. The normalized spacial score (nSPS) is 14.7. The van der Waals surface area contributed by atoms with Gasteiger partial charge in [-0.15, -0.1) is 0 Å². The number of carbonyl (C=O) groups is 4. The zero-order chi connectivity index (χ0) is 23.1. The predicted molar refractivity (Wildman–Crippen MR) is 107 cm³/mol. The molecule has 0 aliphatic carbocycles. The zero-order valence-electron chi connectivity index (χ0n) is 17.9. The van der Waals surface area contributed by atoms with Crippen molar-refractivity contribution in [3.05, 3.63) is 23.8 Å². The lowest BCUT2D eigenvalue weighted by Gasteiger charge is -2.28. The van der Waals surface area contributed by atoms with Crippen molar-refractivity contribution in [2.45, 2.75) is 65.5 Å². The standard InChI is InChI=1S/C21H29NO8/c1-6-12(2)19(25)28-13(3)10-21(22,20(26)27)11-16-7-8-17(29-14(4)23)18(9-16)30-15(5)24/h7-9,12-13H,6,10-11,22H2,1-5H3,(H,26,27)/t12?,13-,21?/m0/s1. The Bertz CT molecular complexity index is 806. The lowest BCUT2D eigenvalue weighted by atomic mass is 9.86. The Morgan fingerprint density at radius 3 is 2.13 bits per heavy atom. The fourth-order valence-corrected chi connectivity index (χ4v) is 2.77. The van der Waals surface area contributed by atoms with E-state index in [0.717, 1.165) is 0 Å². The number of carbonyl (C=O) groups excluding carboxylic acids is 3. The summed E-state index contributed by atoms with van der Waals surface area (Å²) in [6.45, 7) is 7.54. The van der Waals surface area contributed by atoms with Crippen LogP contribution in [-0.2, 0) is 30.3 Å². The van der Waals surface area contributed by atoms with Crippen LogP contribution >= 0.6 is 0 Å². The van der Waals surface area contributed by atoms with Crippen molar-refractivity contribution >= 4 is 23.9 Å². The number of ether oxygens (including phenoxy) is 3. The molecule has 2 unspecified atom stereocenters. The molecule has 3 N–H and O–H groups in total. The summed E-state index contributed by atoms with van der Waals surface area (Å²) in [4.78, 5) is 46.4. The number of nitrogens with two attached hydrogens (primary N) is 1. The fraction of sp³-hybridized carbons (Fsp3) is 0.524. The Labute approximate surface area is 175 Å². The average Bonchev–Trinajstić information content (AvgIpc) is 2.61. The van der Waals surface area contributed by atoms with E-state index in [2.05, 4.69) is 0 Å². The van der Waals surface area contributed by atoms with Gasteiger partial charge in [-0.3, -0.25) is 19.2 Å². The van der Waals surface area contributed by atoms with Crippen LogP contribution in [0.15, 0.2) is 18.2 Å². The maximum Gasteiger partial charge on any atom is 0.324 e. The summed E-state index contributed by atoms with van der Waals surface area (Å²) in [6, 6.07) is 4.30. The topological polar surface area (TPSA) is 142 Å². The summed E-state index contributed by atoms with van der Waals surface area (Å²) in [5, 5.41) is 9.70. The van der Waals surface area contributed by atoms with Crippen LogP contribution in [0.4, 0.5) is 0 Å². The summed E-state index contributed by atoms with van der Waals surface area (Å²) < 4.78 is 15.4. The highest BCUT2D eigenvalue weighted by atomic mass is 16.6. The van der Waals surface area contributed by atoms with Gasteiger partial charge in [-0.25, -0.2) is 0 Å². The quantitative estimate of drug-likeness (QED) is 0.428. The van der Waals surface area contributed by atoms with E-state index in [0.29, 0.717) is 12.0 Å². The molecule has 0 radical (unpaired) electrons. The number of rotatable bonds is 10. The minimum absolute atomic E-state index is 0.0234. The second kappa shape index (κ2) is 10.7. The van der Waals surface area contributed by atoms with Crippen molar-refractivity contribution in [1.82, 2.24) is 0 Å². The second-order valence-electron chi connectivity index (χ2n) is 7.37. The molecule has 0 fully saturated rings. The van der Waals surface area contributed by atoms with Gasteiger partial charge < -0.3 is 25.1 Å². The number of aliphatic carboxylic acids is 1. The van der Waals surface area contributed by atoms with Crippen LogP contribution in [0.25, 0.3) is 0 Å². The van der Waals surface area contributed by atoms with Gasteiger partial charge in [-0.05, 0) is 31.0 Å². The molecule has 0 amide bonds. The highest BCUT2D eigenvalue weighted by Crippen LogP contribution is 2.31. The first-order valence-electron chi connectivity index (χ1n) is 9.60. The maximum atomic E-state index is 12.0. The summed E-state index contributed by atoms with van der Waals surface area (Å²) in [5.41, 5.74) is 4.84. The minimum Gasteiger partial charge on any atom is -0.480 e. The number of esters is 3. The lowest BCUT2D eigenvalue weighted by molar-refractivity contribution is -0.156. The molecule has 1 aromatic carbocycles. The first-order valence-corrected chi connectivity index (χ1v) is 9.60. The van der Waals surface area contributed by atoms with Crippen molar-refractivity contribution in [2.75, 3.05) is 0 Å². The van der Waals surface area contributed by atoms with Crippen LogP contribution in [0.1, 0.15) is 53.0 Å². The van der Waals surface area contributed by atoms with Crippen LogP contribution < -0.4 is 15.2 Å². The smallest absolute Gasteiger partial charge is 0.324 e. The van der Waals surface area contributed by atoms with Crippen molar-refractivity contribution in [3.63, 3.8) is 0 Å². The molecule has 0 bridgehead atoms. The Hall–Kier alpha value is -2.94. The highest BCUT2D eigenvalue weighted by Gasteiger charge is 2.37. The first kappa shape index (κ1) is 25.1. The predicted octanol–water partition coefficient (Wildman–Crippen LogP) is 2.23. The van der Waals surface area contributed by atoms with Crippen LogP contribution in [-0.4, -0.2) is 40.6 Å². The highest BCUT2D eigenvalue weighted by molar-refractivity contribution is 5.79. The van der Waals surface area contributed by atoms with Gasteiger partial charge >= 0.3 is 23.9 Å². The van der Waals surface area contributed by atoms with Crippen LogP contribution in [0.5, 0.6) is 11.5 Å². The molecule has 0 heterocycles. The molecule has 0 aromatic heterocycles. The number of benzene rings is 1. The molecule has 9 heteroatoms. The molecule has 0 saturated carbocycles. The molecule has 0 aliphatic heterocycles. The second-order valence-corrected chi connectivity index (χ2v) is 7.37. The van der Waals surface area contributed by atoms with E-state index in [1.807, 2.05) is 6.92 Å². The molecule has 1 rings (SSSR count). The van der Waals surface area contributed by atoms with E-state index in [-0.39, 0.29) is 30.3 Å². The van der Waals surface area contributed by atoms with Crippen molar-refractivity contribution < 1.29 is 38.5 Å². The minimum atomic E-state index is -1.74. The van der Waals surface area contributed by atoms with E-state index in [1.54, 1.807) is 13.8 Å². The molecule has 30 heavy (non-hydrogen) atoms. The molecule has 166 valence electrons. The average molecular weight is 423 g/mol. The first-order chi connectivity index (χ1) is 13.9. The lowest BCUT2D eigenvalue weighted by Crippen LogP contribution is -2.52. The number of hydrogen-bond acceptors (Lipinski definition) is 8. The van der Waals surface area contributed by atoms with Crippen molar-refractivity contribution in [1.29, 1.82) is 0 Å². The van der Waals surface area contributed by atoms with E-state index < -0.39 is 35.5 Å². The summed E-state index contributed by atoms with van der Waals surface area (Å²) in [5.74, 6) is -3.23. The van der Waals surface area contributed by atoms with E-state index >= 15 is 0 Å². The SMILES string of the molecule is CCC(C)C(=O)O[C@@H](C)CC(N)(Cc1ccc(OC(C)=O)c(OC(C)=O)c1)C(=O)O. The van der Waals surface area contributed by atoms with Crippen LogP contribution in [0.2, 0.25) is 0 Å². The van der Waals surface area contributed by atoms with Crippen molar-refractivity contribution in [2.24, 2.45) is 11.7 Å². The third-order valence-electron chi connectivity index (χ3n) is 4.44. The summed E-state index contributed by atoms with van der Waals surface area (Å²) >= 11 is 0. The number of hydrogen-bond donors (Lipinski definition) is 2. The van der Waals surface area contributed by atoms with Gasteiger partial charge in [0.15, 0.2) is 11.5 Å². The molecule has 0 aliphatic rings. The van der Waals surface area contributed by atoms with E-state index in [4.69, 9.17) is 19.9 Å². The number of carboxylic acid groups (broad SMARTS) is 1. The van der Waals surface area contributed by atoms with Gasteiger partial charge in [0.25, 0.3) is 0 Å². The van der Waals surface area contributed by atoms with Gasteiger partial charge in [0.1, 0.15) is 11.6 Å². The van der Waals surface area contributed by atoms with Gasteiger partial charge in [0.2, 0.25) is 0 Å². The molecule has 9 nitrogen and oxygen atoms in total. The van der Waals surface area contributed by atoms with Crippen LogP contribution in [0.3, 0.4) is 0 Å². The third kappa shape index (κ3) is 7.47. The Kier molecular flexibility index (Phi) is 8.97. The van der Waals surface area contributed by atoms with Gasteiger partial charge in [-0.2, -0.15) is 0 Å². The van der Waals surface area contributed by atoms with Gasteiger partial charge in [0.05, 0.1) is 5.92 Å². The molecule has 0 spiro atoms. The van der Waals surface area contributed by atoms with E-state index in [1.165, 1.54) is 32.0 Å². The fourth-order valence-electron chi connectivity index (χ4n) is 2.77. The maximum absolute atomic E-state index is 12.0. The van der Waals surface area contributed by atoms with Gasteiger partial charge in [0, 0.05) is 26.7 Å². The largest absolute Gasteiger partial charge is 0.480 e. The molecular formula is C21H29NO8. The molecule has 1 aromatic rings. The Morgan fingerprint density at radius 1 is 1.07 bits per heavy atom. The molecular weight excluding hydrogens is 394 g/mol.